The minimum Gasteiger partial charge on any atom is -0.299 e. The van der Waals surface area contributed by atoms with Gasteiger partial charge in [-0.25, -0.2) is 4.98 Å². The van der Waals surface area contributed by atoms with Gasteiger partial charge in [-0.05, 0) is 31.5 Å². The predicted molar refractivity (Wildman–Crippen MR) is 76.7 cm³/mol. The number of likely N-dealkylation sites (tertiary alicyclic amines) is 1. The van der Waals surface area contributed by atoms with Crippen LogP contribution in [0.25, 0.3) is 0 Å². The van der Waals surface area contributed by atoms with Gasteiger partial charge in [-0.1, -0.05) is 12.1 Å². The third-order valence-electron chi connectivity index (χ3n) is 3.96. The SMILES string of the molecule is O=[N+]([O-])c1ccc(CN2CCC(c3ncn[nH]3)CC2)cc1. The Morgan fingerprint density at radius 3 is 2.57 bits per heavy atom. The number of aromatic nitrogens is 3. The Morgan fingerprint density at radius 2 is 2.00 bits per heavy atom. The number of nitro benzene ring substituents is 1. The van der Waals surface area contributed by atoms with E-state index in [9.17, 15) is 10.1 Å². The number of non-ortho nitro benzene ring substituents is 1. The van der Waals surface area contributed by atoms with Gasteiger partial charge in [0.05, 0.1) is 4.92 Å². The molecular formula is C14H17N5O2. The Hall–Kier alpha value is -2.28. The van der Waals surface area contributed by atoms with E-state index in [1.807, 2.05) is 12.1 Å². The molecule has 0 spiro atoms. The van der Waals surface area contributed by atoms with E-state index < -0.39 is 0 Å². The predicted octanol–water partition coefficient (Wildman–Crippen LogP) is 2.09. The second-order valence-electron chi connectivity index (χ2n) is 5.34. The zero-order valence-electron chi connectivity index (χ0n) is 11.6. The number of piperidine rings is 1. The molecule has 0 atom stereocenters. The van der Waals surface area contributed by atoms with Crippen molar-refractivity contribution in [2.75, 3.05) is 13.1 Å². The van der Waals surface area contributed by atoms with Gasteiger partial charge in [0.1, 0.15) is 12.2 Å². The molecular weight excluding hydrogens is 270 g/mol. The molecule has 1 aliphatic heterocycles. The minimum atomic E-state index is -0.368. The summed E-state index contributed by atoms with van der Waals surface area (Å²) in [5.74, 6) is 1.44. The summed E-state index contributed by atoms with van der Waals surface area (Å²) in [6, 6.07) is 6.80. The maximum atomic E-state index is 10.6. The summed E-state index contributed by atoms with van der Waals surface area (Å²) >= 11 is 0. The van der Waals surface area contributed by atoms with Crippen molar-refractivity contribution < 1.29 is 4.92 Å². The smallest absolute Gasteiger partial charge is 0.269 e. The first kappa shape index (κ1) is 13.7. The van der Waals surface area contributed by atoms with E-state index in [1.165, 1.54) is 0 Å². The molecule has 7 heteroatoms. The zero-order valence-corrected chi connectivity index (χ0v) is 11.6. The quantitative estimate of drug-likeness (QED) is 0.687. The van der Waals surface area contributed by atoms with Crippen molar-refractivity contribution in [3.8, 4) is 0 Å². The van der Waals surface area contributed by atoms with Crippen molar-refractivity contribution in [3.63, 3.8) is 0 Å². The highest BCUT2D eigenvalue weighted by Gasteiger charge is 2.22. The molecule has 0 saturated carbocycles. The largest absolute Gasteiger partial charge is 0.299 e. The highest BCUT2D eigenvalue weighted by Crippen LogP contribution is 2.26. The topological polar surface area (TPSA) is 87.9 Å². The van der Waals surface area contributed by atoms with Gasteiger partial charge in [0.15, 0.2) is 0 Å². The maximum Gasteiger partial charge on any atom is 0.269 e. The van der Waals surface area contributed by atoms with Crippen molar-refractivity contribution in [2.24, 2.45) is 0 Å². The number of benzene rings is 1. The minimum absolute atomic E-state index is 0.141. The Bertz CT molecular complexity index is 588. The van der Waals surface area contributed by atoms with E-state index in [4.69, 9.17) is 0 Å². The molecule has 2 aromatic rings. The van der Waals surface area contributed by atoms with Gasteiger partial charge in [0.2, 0.25) is 0 Å². The summed E-state index contributed by atoms with van der Waals surface area (Å²) in [6.45, 7) is 2.84. The number of rotatable bonds is 4. The van der Waals surface area contributed by atoms with Crippen LogP contribution in [0.3, 0.4) is 0 Å². The number of hydrogen-bond acceptors (Lipinski definition) is 5. The van der Waals surface area contributed by atoms with Crippen molar-refractivity contribution in [2.45, 2.75) is 25.3 Å². The van der Waals surface area contributed by atoms with Gasteiger partial charge < -0.3 is 0 Å². The average molecular weight is 287 g/mol. The number of nitro groups is 1. The zero-order chi connectivity index (χ0) is 14.7. The summed E-state index contributed by atoms with van der Waals surface area (Å²) in [6.07, 6.45) is 3.67. The molecule has 1 fully saturated rings. The molecule has 1 N–H and O–H groups in total. The molecule has 21 heavy (non-hydrogen) atoms. The van der Waals surface area contributed by atoms with Gasteiger partial charge >= 0.3 is 0 Å². The molecule has 7 nitrogen and oxygen atoms in total. The van der Waals surface area contributed by atoms with Crippen molar-refractivity contribution >= 4 is 5.69 Å². The second kappa shape index (κ2) is 6.01. The fourth-order valence-electron chi connectivity index (χ4n) is 2.76. The highest BCUT2D eigenvalue weighted by atomic mass is 16.6. The number of nitrogens with zero attached hydrogens (tertiary/aromatic N) is 4. The van der Waals surface area contributed by atoms with E-state index in [0.29, 0.717) is 5.92 Å². The van der Waals surface area contributed by atoms with Crippen LogP contribution in [-0.4, -0.2) is 38.1 Å². The second-order valence-corrected chi connectivity index (χ2v) is 5.34. The van der Waals surface area contributed by atoms with Crippen LogP contribution in [0.15, 0.2) is 30.6 Å². The normalized spacial score (nSPS) is 17.0. The highest BCUT2D eigenvalue weighted by molar-refractivity contribution is 5.32. The first-order chi connectivity index (χ1) is 10.2. The third kappa shape index (κ3) is 3.25. The van der Waals surface area contributed by atoms with Gasteiger partial charge in [0, 0.05) is 24.6 Å². The number of nitrogens with one attached hydrogen (secondary N) is 1. The maximum absolute atomic E-state index is 10.6. The number of H-pyrrole nitrogens is 1. The molecule has 0 radical (unpaired) electrons. The summed E-state index contributed by atoms with van der Waals surface area (Å²) in [5.41, 5.74) is 1.25. The third-order valence-corrected chi connectivity index (χ3v) is 3.96. The lowest BCUT2D eigenvalue weighted by molar-refractivity contribution is -0.384. The molecule has 1 aromatic carbocycles. The lowest BCUT2D eigenvalue weighted by atomic mass is 9.96. The van der Waals surface area contributed by atoms with Gasteiger partial charge in [-0.15, -0.1) is 0 Å². The summed E-state index contributed by atoms with van der Waals surface area (Å²) in [4.78, 5) is 16.9. The number of aromatic amines is 1. The number of hydrogen-bond donors (Lipinski definition) is 1. The Kier molecular flexibility index (Phi) is 3.92. The van der Waals surface area contributed by atoms with E-state index in [2.05, 4.69) is 20.1 Å². The first-order valence-electron chi connectivity index (χ1n) is 7.03. The molecule has 3 rings (SSSR count). The van der Waals surface area contributed by atoms with E-state index in [-0.39, 0.29) is 10.6 Å². The molecule has 110 valence electrons. The molecule has 0 amide bonds. The Balaban J connectivity index is 1.54. The van der Waals surface area contributed by atoms with E-state index >= 15 is 0 Å². The average Bonchev–Trinajstić information content (AvgIpc) is 3.03. The van der Waals surface area contributed by atoms with Crippen molar-refractivity contribution in [3.05, 3.63) is 52.1 Å². The van der Waals surface area contributed by atoms with Gasteiger partial charge in [-0.2, -0.15) is 5.10 Å². The molecule has 1 saturated heterocycles. The molecule has 0 aliphatic carbocycles. The lowest BCUT2D eigenvalue weighted by Gasteiger charge is -2.30. The summed E-state index contributed by atoms with van der Waals surface area (Å²) < 4.78 is 0. The standard InChI is InChI=1S/C14H17N5O2/c20-19(21)13-3-1-11(2-4-13)9-18-7-5-12(6-8-18)14-15-10-16-17-14/h1-4,10,12H,5-9H2,(H,15,16,17). The Labute approximate surface area is 122 Å². The van der Waals surface area contributed by atoms with Crippen LogP contribution in [0, 0.1) is 10.1 Å². The molecule has 1 aliphatic rings. The van der Waals surface area contributed by atoms with Crippen molar-refractivity contribution in [1.82, 2.24) is 20.1 Å². The summed E-state index contributed by atoms with van der Waals surface area (Å²) in [7, 11) is 0. The van der Waals surface area contributed by atoms with Crippen molar-refractivity contribution in [1.29, 1.82) is 0 Å². The van der Waals surface area contributed by atoms with Gasteiger partial charge in [0.25, 0.3) is 5.69 Å². The molecule has 1 aromatic heterocycles. The van der Waals surface area contributed by atoms with Crippen LogP contribution in [-0.2, 0) is 6.54 Å². The van der Waals surface area contributed by atoms with E-state index in [1.54, 1.807) is 18.5 Å². The Morgan fingerprint density at radius 1 is 1.29 bits per heavy atom. The van der Waals surface area contributed by atoms with Crippen LogP contribution in [0.5, 0.6) is 0 Å². The summed E-state index contributed by atoms with van der Waals surface area (Å²) in [5, 5.41) is 17.5. The lowest BCUT2D eigenvalue weighted by Crippen LogP contribution is -2.32. The van der Waals surface area contributed by atoms with Crippen LogP contribution >= 0.6 is 0 Å². The fraction of sp³-hybridized carbons (Fsp3) is 0.429. The molecule has 2 heterocycles. The first-order valence-corrected chi connectivity index (χ1v) is 7.03. The monoisotopic (exact) mass is 287 g/mol. The van der Waals surface area contributed by atoms with Crippen LogP contribution in [0.1, 0.15) is 30.1 Å². The van der Waals surface area contributed by atoms with Gasteiger partial charge in [-0.3, -0.25) is 20.1 Å². The van der Waals surface area contributed by atoms with Crippen LogP contribution < -0.4 is 0 Å². The fourth-order valence-corrected chi connectivity index (χ4v) is 2.76. The van der Waals surface area contributed by atoms with Crippen LogP contribution in [0.4, 0.5) is 5.69 Å². The molecule has 0 unspecified atom stereocenters. The van der Waals surface area contributed by atoms with E-state index in [0.717, 1.165) is 43.9 Å². The molecule has 0 bridgehead atoms. The van der Waals surface area contributed by atoms with Crippen LogP contribution in [0.2, 0.25) is 0 Å².